The smallest absolute Gasteiger partial charge is 0.247 e. The molecule has 0 atom stereocenters. The highest BCUT2D eigenvalue weighted by molar-refractivity contribution is 6.98. The molecule has 0 saturated heterocycles. The van der Waals surface area contributed by atoms with Crippen LogP contribution in [0.2, 0.25) is 0 Å². The van der Waals surface area contributed by atoms with Crippen molar-refractivity contribution in [1.82, 2.24) is 14.0 Å². The van der Waals surface area contributed by atoms with Crippen LogP contribution < -0.4 is 16.4 Å². The molecule has 5 heteroatoms. The number of benzene rings is 8. The highest BCUT2D eigenvalue weighted by Crippen LogP contribution is 2.41. The molecular formula is C49H36BN3O. The Kier molecular flexibility index (Phi) is 5.94. The van der Waals surface area contributed by atoms with Gasteiger partial charge in [0.2, 0.25) is 12.5 Å². The first-order chi connectivity index (χ1) is 26.5. The molecule has 0 N–H and O–H groups in total. The Hall–Kier alpha value is -6.33. The van der Waals surface area contributed by atoms with Gasteiger partial charge in [-0.25, -0.2) is 4.98 Å². The van der Waals surface area contributed by atoms with E-state index >= 15 is 0 Å². The molecule has 0 amide bonds. The van der Waals surface area contributed by atoms with Crippen molar-refractivity contribution in [3.05, 3.63) is 145 Å². The zero-order valence-corrected chi connectivity index (χ0v) is 30.7. The summed E-state index contributed by atoms with van der Waals surface area (Å²) in [5.74, 6) is 1.63. The number of hydrogen-bond donors (Lipinski definition) is 0. The lowest BCUT2D eigenvalue weighted by Crippen LogP contribution is -2.58. The Morgan fingerprint density at radius 2 is 1.22 bits per heavy atom. The zero-order valence-electron chi connectivity index (χ0n) is 30.7. The number of imidazole rings is 1. The van der Waals surface area contributed by atoms with E-state index in [0.717, 1.165) is 44.4 Å². The molecule has 0 spiro atoms. The first kappa shape index (κ1) is 30.2. The van der Waals surface area contributed by atoms with Gasteiger partial charge >= 0.3 is 0 Å². The van der Waals surface area contributed by atoms with E-state index in [0.29, 0.717) is 11.8 Å². The van der Waals surface area contributed by atoms with Crippen molar-refractivity contribution in [3.8, 4) is 5.69 Å². The van der Waals surface area contributed by atoms with Crippen molar-refractivity contribution in [2.45, 2.75) is 39.5 Å². The second kappa shape index (κ2) is 10.6. The maximum Gasteiger partial charge on any atom is 0.247 e. The SMILES string of the molecule is CC(C)c1cccc(C(C)C)c1B1c2cc3oc4ccccc4c3cc2-n2c3c1ccc1cccc(c13)n1c3c4ccccc4c4ccccc4c3nc21. The molecule has 4 heterocycles. The van der Waals surface area contributed by atoms with Gasteiger partial charge in [0, 0.05) is 32.6 Å². The van der Waals surface area contributed by atoms with Crippen molar-refractivity contribution >= 4 is 105 Å². The number of fused-ring (bicyclic) bond motifs is 15. The van der Waals surface area contributed by atoms with Gasteiger partial charge in [0.1, 0.15) is 11.2 Å². The van der Waals surface area contributed by atoms with Gasteiger partial charge < -0.3 is 4.42 Å². The maximum absolute atomic E-state index is 6.67. The van der Waals surface area contributed by atoms with Crippen LogP contribution >= 0.6 is 0 Å². The Morgan fingerprint density at radius 3 is 1.98 bits per heavy atom. The van der Waals surface area contributed by atoms with Gasteiger partial charge in [-0.2, -0.15) is 0 Å². The lowest BCUT2D eigenvalue weighted by molar-refractivity contribution is 0.669. The summed E-state index contributed by atoms with van der Waals surface area (Å²) in [5.41, 5.74) is 14.3. The standard InChI is InChI=1S/C49H36BN3O/c1-27(2)30-19-12-20-31(28(3)4)45(30)50-38-24-23-29-13-11-21-40-44(29)48(38)53(41-25-37-34-16-9-10-22-42(34)54-43(37)26-39(41)50)49-51-46-35-17-7-5-14-32(35)33-15-6-8-18-36(33)47(46)52(40)49/h5-28H,1-4H3. The van der Waals surface area contributed by atoms with E-state index in [2.05, 4.69) is 170 Å². The molecule has 0 aliphatic carbocycles. The third-order valence-electron chi connectivity index (χ3n) is 12.3. The number of rotatable bonds is 3. The van der Waals surface area contributed by atoms with Crippen LogP contribution in [-0.2, 0) is 0 Å². The minimum atomic E-state index is -0.00472. The third-order valence-corrected chi connectivity index (χ3v) is 12.3. The molecule has 4 nitrogen and oxygen atoms in total. The van der Waals surface area contributed by atoms with Crippen molar-refractivity contribution in [2.75, 3.05) is 0 Å². The molecule has 54 heavy (non-hydrogen) atoms. The third kappa shape index (κ3) is 3.76. The predicted octanol–water partition coefficient (Wildman–Crippen LogP) is 10.9. The average Bonchev–Trinajstić information content (AvgIpc) is 3.78. The topological polar surface area (TPSA) is 35.4 Å². The number of furan rings is 1. The summed E-state index contributed by atoms with van der Waals surface area (Å²) in [4.78, 5) is 5.73. The van der Waals surface area contributed by atoms with Gasteiger partial charge in [-0.3, -0.25) is 8.97 Å². The van der Waals surface area contributed by atoms with Gasteiger partial charge in [0.25, 0.3) is 0 Å². The van der Waals surface area contributed by atoms with Crippen LogP contribution in [0.3, 0.4) is 0 Å². The number of hydrogen-bond acceptors (Lipinski definition) is 2. The molecule has 11 aromatic rings. The van der Waals surface area contributed by atoms with Crippen molar-refractivity contribution in [3.63, 3.8) is 0 Å². The van der Waals surface area contributed by atoms with Crippen LogP contribution in [0, 0.1) is 0 Å². The van der Waals surface area contributed by atoms with Gasteiger partial charge in [-0.15, -0.1) is 0 Å². The van der Waals surface area contributed by atoms with Crippen LogP contribution in [-0.4, -0.2) is 20.7 Å². The Labute approximate surface area is 312 Å². The number of nitrogens with zero attached hydrogens (tertiary/aromatic N) is 3. The maximum atomic E-state index is 6.67. The Bertz CT molecular complexity index is 3390. The van der Waals surface area contributed by atoms with E-state index in [9.17, 15) is 0 Å². The first-order valence-corrected chi connectivity index (χ1v) is 19.2. The van der Waals surface area contributed by atoms with E-state index in [1.54, 1.807) is 0 Å². The van der Waals surface area contributed by atoms with Gasteiger partial charge in [-0.05, 0) is 74.3 Å². The van der Waals surface area contributed by atoms with Gasteiger partial charge in [0.15, 0.2) is 0 Å². The predicted molar refractivity (Wildman–Crippen MR) is 229 cm³/mol. The fourth-order valence-corrected chi connectivity index (χ4v) is 10.0. The Balaban J connectivity index is 1.37. The van der Waals surface area contributed by atoms with Crippen LogP contribution in [0.15, 0.2) is 138 Å². The fraction of sp³-hybridized carbons (Fsp3) is 0.122. The normalized spacial score (nSPS) is 13.1. The van der Waals surface area contributed by atoms with Crippen LogP contribution in [0.25, 0.3) is 87.8 Å². The summed E-state index contributed by atoms with van der Waals surface area (Å²) in [7, 11) is 0. The average molecular weight is 694 g/mol. The molecule has 3 aromatic heterocycles. The summed E-state index contributed by atoms with van der Waals surface area (Å²) in [5, 5.41) is 9.59. The van der Waals surface area contributed by atoms with Gasteiger partial charge in [0.05, 0.1) is 22.1 Å². The summed E-state index contributed by atoms with van der Waals surface area (Å²) < 4.78 is 11.6. The number of para-hydroxylation sites is 1. The molecule has 1 aliphatic heterocycles. The summed E-state index contributed by atoms with van der Waals surface area (Å²) in [6.45, 7) is 9.33. The monoisotopic (exact) mass is 693 g/mol. The van der Waals surface area contributed by atoms with Crippen LogP contribution in [0.4, 0.5) is 0 Å². The molecule has 0 unspecified atom stereocenters. The molecule has 0 saturated carbocycles. The van der Waals surface area contributed by atoms with Crippen LogP contribution in [0.1, 0.15) is 50.7 Å². The van der Waals surface area contributed by atoms with E-state index in [1.807, 2.05) is 0 Å². The van der Waals surface area contributed by atoms with Crippen molar-refractivity contribution < 1.29 is 4.42 Å². The van der Waals surface area contributed by atoms with E-state index in [4.69, 9.17) is 9.40 Å². The second-order valence-electron chi connectivity index (χ2n) is 15.8. The second-order valence-corrected chi connectivity index (χ2v) is 15.8. The summed E-state index contributed by atoms with van der Waals surface area (Å²) in [6, 6.07) is 49.3. The fourth-order valence-electron chi connectivity index (χ4n) is 10.0. The first-order valence-electron chi connectivity index (χ1n) is 19.2. The zero-order chi connectivity index (χ0) is 36.0. The lowest BCUT2D eigenvalue weighted by atomic mass is 9.33. The lowest BCUT2D eigenvalue weighted by Gasteiger charge is -2.33. The van der Waals surface area contributed by atoms with E-state index in [1.165, 1.54) is 70.9 Å². The van der Waals surface area contributed by atoms with E-state index in [-0.39, 0.29) is 6.71 Å². The van der Waals surface area contributed by atoms with Crippen molar-refractivity contribution in [1.29, 1.82) is 0 Å². The largest absolute Gasteiger partial charge is 0.456 e. The highest BCUT2D eigenvalue weighted by Gasteiger charge is 2.38. The molecule has 1 aliphatic rings. The van der Waals surface area contributed by atoms with Gasteiger partial charge in [-0.1, -0.05) is 142 Å². The summed E-state index contributed by atoms with van der Waals surface area (Å²) in [6.07, 6.45) is 0. The molecule has 0 fully saturated rings. The molecule has 0 radical (unpaired) electrons. The molecule has 8 aromatic carbocycles. The molecule has 256 valence electrons. The summed E-state index contributed by atoms with van der Waals surface area (Å²) >= 11 is 0. The minimum absolute atomic E-state index is 0.00472. The number of aromatic nitrogens is 3. The quantitative estimate of drug-likeness (QED) is 0.136. The Morgan fingerprint density at radius 1 is 0.556 bits per heavy atom. The molecule has 12 rings (SSSR count). The molecule has 0 bridgehead atoms. The molecular weight excluding hydrogens is 657 g/mol. The minimum Gasteiger partial charge on any atom is -0.456 e. The van der Waals surface area contributed by atoms with E-state index < -0.39 is 0 Å². The van der Waals surface area contributed by atoms with Crippen molar-refractivity contribution in [2.24, 2.45) is 0 Å². The van der Waals surface area contributed by atoms with Crippen LogP contribution in [0.5, 0.6) is 0 Å². The highest BCUT2D eigenvalue weighted by atomic mass is 16.3.